The lowest BCUT2D eigenvalue weighted by Gasteiger charge is -2.30. The quantitative estimate of drug-likeness (QED) is 0.377. The van der Waals surface area contributed by atoms with Crippen LogP contribution in [0.15, 0.2) is 41.5 Å². The fourth-order valence-corrected chi connectivity index (χ4v) is 6.40. The number of carbonyl (C=O) groups excluding carboxylic acids is 2. The standard InChI is InChI=1S/C30H31N7O4/c1-30(2)13-18-11-24-29(40)36(7-6-35(24)25(18)14-30)27-22(16-38)21(4-5-31-27)19-10-23(28(39)34(3)15-19)32-26-12-20-17-41-9-8-37(20)33-26/h4-5,10-12,15-16H,6-9,13-14,17H2,1-3H3,(H,32,33). The van der Waals surface area contributed by atoms with Crippen LogP contribution in [-0.2, 0) is 44.3 Å². The maximum atomic E-state index is 13.7. The molecule has 3 aliphatic rings. The molecule has 0 bridgehead atoms. The summed E-state index contributed by atoms with van der Waals surface area (Å²) in [5.41, 5.74) is 5.85. The molecule has 0 spiro atoms. The van der Waals surface area contributed by atoms with E-state index in [1.807, 2.05) is 16.8 Å². The van der Waals surface area contributed by atoms with E-state index in [1.54, 1.807) is 36.5 Å². The van der Waals surface area contributed by atoms with Crippen LogP contribution in [0.25, 0.3) is 11.1 Å². The highest BCUT2D eigenvalue weighted by atomic mass is 16.5. The third-order valence-electron chi connectivity index (χ3n) is 8.29. The second-order valence-corrected chi connectivity index (χ2v) is 11.8. The molecule has 1 amide bonds. The van der Waals surface area contributed by atoms with E-state index in [9.17, 15) is 14.4 Å². The van der Waals surface area contributed by atoms with Gasteiger partial charge in [0, 0.05) is 49.9 Å². The SMILES string of the molecule is Cn1cc(-c2ccnc(N3CCn4c(cc5c4CC(C)(C)C5)C3=O)c2C=O)cc(Nc2cc3n(n2)CCOC3)c1=O. The summed E-state index contributed by atoms with van der Waals surface area (Å²) in [7, 11) is 1.66. The third kappa shape index (κ3) is 4.19. The molecule has 6 heterocycles. The number of anilines is 3. The summed E-state index contributed by atoms with van der Waals surface area (Å²) < 4.78 is 11.0. The van der Waals surface area contributed by atoms with Gasteiger partial charge in [-0.05, 0) is 47.6 Å². The first kappa shape index (κ1) is 25.5. The van der Waals surface area contributed by atoms with Crippen molar-refractivity contribution in [1.29, 1.82) is 0 Å². The Morgan fingerprint density at radius 2 is 1.95 bits per heavy atom. The molecule has 0 fully saturated rings. The normalized spacial score (nSPS) is 17.2. The monoisotopic (exact) mass is 553 g/mol. The van der Waals surface area contributed by atoms with E-state index in [1.165, 1.54) is 15.8 Å². The lowest BCUT2D eigenvalue weighted by atomic mass is 9.90. The second kappa shape index (κ2) is 9.27. The minimum absolute atomic E-state index is 0.160. The van der Waals surface area contributed by atoms with Crippen molar-refractivity contribution in [2.45, 2.75) is 46.4 Å². The third-order valence-corrected chi connectivity index (χ3v) is 8.29. The number of nitrogens with zero attached hydrogens (tertiary/aromatic N) is 6. The van der Waals surface area contributed by atoms with Gasteiger partial charge in [0.05, 0.1) is 31.0 Å². The lowest BCUT2D eigenvalue weighted by Crippen LogP contribution is -2.41. The zero-order valence-electron chi connectivity index (χ0n) is 23.3. The topological polar surface area (TPSA) is 116 Å². The van der Waals surface area contributed by atoms with Crippen molar-refractivity contribution in [2.75, 3.05) is 23.4 Å². The number of aromatic nitrogens is 5. The molecule has 210 valence electrons. The molecule has 1 N–H and O–H groups in total. The number of aldehydes is 1. The van der Waals surface area contributed by atoms with Crippen LogP contribution in [0.3, 0.4) is 0 Å². The predicted octanol–water partition coefficient (Wildman–Crippen LogP) is 3.32. The Labute approximate surface area is 236 Å². The summed E-state index contributed by atoms with van der Waals surface area (Å²) >= 11 is 0. The van der Waals surface area contributed by atoms with Crippen LogP contribution < -0.4 is 15.8 Å². The number of aryl methyl sites for hydroxylation is 1. The molecule has 1 aliphatic carbocycles. The molecular formula is C30H31N7O4. The maximum Gasteiger partial charge on any atom is 0.276 e. The first-order chi connectivity index (χ1) is 19.7. The Bertz CT molecular complexity index is 1770. The van der Waals surface area contributed by atoms with Crippen molar-refractivity contribution < 1.29 is 14.3 Å². The number of amides is 1. The van der Waals surface area contributed by atoms with E-state index in [4.69, 9.17) is 4.74 Å². The summed E-state index contributed by atoms with van der Waals surface area (Å²) in [4.78, 5) is 45.4. The van der Waals surface area contributed by atoms with Crippen LogP contribution in [-0.4, -0.2) is 49.2 Å². The molecule has 41 heavy (non-hydrogen) atoms. The zero-order valence-corrected chi connectivity index (χ0v) is 23.3. The number of fused-ring (bicyclic) bond motifs is 4. The van der Waals surface area contributed by atoms with E-state index in [0.29, 0.717) is 72.6 Å². The first-order valence-electron chi connectivity index (χ1n) is 13.8. The Morgan fingerprint density at radius 1 is 1.10 bits per heavy atom. The number of pyridine rings is 2. The fraction of sp³-hybridized carbons (Fsp3) is 0.367. The Hall–Kier alpha value is -4.51. The van der Waals surface area contributed by atoms with Crippen molar-refractivity contribution in [3.05, 3.63) is 75.2 Å². The van der Waals surface area contributed by atoms with E-state index in [-0.39, 0.29) is 16.9 Å². The van der Waals surface area contributed by atoms with Gasteiger partial charge >= 0.3 is 0 Å². The molecule has 0 atom stereocenters. The van der Waals surface area contributed by atoms with Gasteiger partial charge in [0.15, 0.2) is 12.1 Å². The number of nitrogens with one attached hydrogen (secondary N) is 1. The van der Waals surface area contributed by atoms with Crippen molar-refractivity contribution in [3.8, 4) is 11.1 Å². The van der Waals surface area contributed by atoms with Crippen molar-refractivity contribution in [2.24, 2.45) is 12.5 Å². The maximum absolute atomic E-state index is 13.7. The fourth-order valence-electron chi connectivity index (χ4n) is 6.40. The molecular weight excluding hydrogens is 522 g/mol. The molecule has 0 radical (unpaired) electrons. The van der Waals surface area contributed by atoms with Crippen LogP contribution in [0.2, 0.25) is 0 Å². The van der Waals surface area contributed by atoms with Gasteiger partial charge in [0.2, 0.25) is 0 Å². The van der Waals surface area contributed by atoms with Gasteiger partial charge in [-0.25, -0.2) is 4.98 Å². The molecule has 0 saturated heterocycles. The van der Waals surface area contributed by atoms with Crippen molar-refractivity contribution in [3.63, 3.8) is 0 Å². The number of ether oxygens (including phenoxy) is 1. The minimum Gasteiger partial charge on any atom is -0.373 e. The van der Waals surface area contributed by atoms with Gasteiger partial charge in [0.25, 0.3) is 11.5 Å². The van der Waals surface area contributed by atoms with Gasteiger partial charge < -0.3 is 19.2 Å². The van der Waals surface area contributed by atoms with Gasteiger partial charge in [-0.15, -0.1) is 0 Å². The second-order valence-electron chi connectivity index (χ2n) is 11.8. The number of carbonyl (C=O) groups is 2. The van der Waals surface area contributed by atoms with Crippen molar-refractivity contribution in [1.82, 2.24) is 23.9 Å². The summed E-state index contributed by atoms with van der Waals surface area (Å²) in [6.07, 6.45) is 5.91. The molecule has 7 rings (SSSR count). The molecule has 4 aromatic rings. The molecule has 0 saturated carbocycles. The zero-order chi connectivity index (χ0) is 28.5. The Balaban J connectivity index is 1.24. The Kier molecular flexibility index (Phi) is 5.75. The number of rotatable bonds is 5. The molecule has 11 nitrogen and oxygen atoms in total. The summed E-state index contributed by atoms with van der Waals surface area (Å²) in [6, 6.07) is 7.31. The van der Waals surface area contributed by atoms with Gasteiger partial charge in [-0.2, -0.15) is 5.10 Å². The van der Waals surface area contributed by atoms with E-state index >= 15 is 0 Å². The van der Waals surface area contributed by atoms with Gasteiger partial charge in [0.1, 0.15) is 17.2 Å². The smallest absolute Gasteiger partial charge is 0.276 e. The van der Waals surface area contributed by atoms with Crippen molar-refractivity contribution >= 4 is 29.5 Å². The van der Waals surface area contributed by atoms with Gasteiger partial charge in [-0.1, -0.05) is 13.8 Å². The van der Waals surface area contributed by atoms with Crippen LogP contribution in [0, 0.1) is 5.41 Å². The number of hydrogen-bond acceptors (Lipinski definition) is 7. The van der Waals surface area contributed by atoms with Crippen LogP contribution in [0.5, 0.6) is 0 Å². The molecule has 11 heteroatoms. The summed E-state index contributed by atoms with van der Waals surface area (Å²) in [5, 5.41) is 7.69. The lowest BCUT2D eigenvalue weighted by molar-refractivity contribution is 0.0801. The summed E-state index contributed by atoms with van der Waals surface area (Å²) in [5.74, 6) is 0.704. The largest absolute Gasteiger partial charge is 0.373 e. The minimum atomic E-state index is -0.235. The average Bonchev–Trinajstić information content (AvgIpc) is 3.60. The molecule has 4 aromatic heterocycles. The Morgan fingerprint density at radius 3 is 2.76 bits per heavy atom. The average molecular weight is 554 g/mol. The highest BCUT2D eigenvalue weighted by Crippen LogP contribution is 2.40. The van der Waals surface area contributed by atoms with Crippen LogP contribution in [0.1, 0.15) is 51.6 Å². The van der Waals surface area contributed by atoms with E-state index < -0.39 is 0 Å². The first-order valence-corrected chi connectivity index (χ1v) is 13.8. The van der Waals surface area contributed by atoms with Crippen LogP contribution >= 0.6 is 0 Å². The summed E-state index contributed by atoms with van der Waals surface area (Å²) in [6.45, 7) is 7.27. The number of hydrogen-bond donors (Lipinski definition) is 1. The van der Waals surface area contributed by atoms with Gasteiger partial charge in [-0.3, -0.25) is 24.0 Å². The van der Waals surface area contributed by atoms with E-state index in [0.717, 1.165) is 24.8 Å². The molecule has 2 aliphatic heterocycles. The molecule has 0 aromatic carbocycles. The molecule has 0 unspecified atom stereocenters. The predicted molar refractivity (Wildman–Crippen MR) is 153 cm³/mol. The highest BCUT2D eigenvalue weighted by Gasteiger charge is 2.37. The van der Waals surface area contributed by atoms with Crippen LogP contribution in [0.4, 0.5) is 17.3 Å². The highest BCUT2D eigenvalue weighted by molar-refractivity contribution is 6.08. The van der Waals surface area contributed by atoms with E-state index in [2.05, 4.69) is 33.8 Å².